The van der Waals surface area contributed by atoms with E-state index in [1.807, 2.05) is 0 Å². The average molecular weight is 184 g/mol. The highest BCUT2D eigenvalue weighted by Gasteiger charge is 2.37. The Morgan fingerprint density at radius 1 is 1.31 bits per heavy atom. The summed E-state index contributed by atoms with van der Waals surface area (Å²) >= 11 is 0. The van der Waals surface area contributed by atoms with Gasteiger partial charge < -0.3 is 15.4 Å². The van der Waals surface area contributed by atoms with Crippen molar-refractivity contribution in [3.63, 3.8) is 0 Å². The van der Waals surface area contributed by atoms with Gasteiger partial charge in [-0.05, 0) is 26.7 Å². The zero-order chi connectivity index (χ0) is 9.36. The van der Waals surface area contributed by atoms with Crippen molar-refractivity contribution in [1.82, 2.24) is 10.6 Å². The molecule has 2 aliphatic rings. The van der Waals surface area contributed by atoms with Crippen LogP contribution in [0.5, 0.6) is 0 Å². The quantitative estimate of drug-likeness (QED) is 0.611. The Kier molecular flexibility index (Phi) is 2.34. The zero-order valence-corrected chi connectivity index (χ0v) is 8.65. The fourth-order valence-electron chi connectivity index (χ4n) is 1.59. The van der Waals surface area contributed by atoms with Gasteiger partial charge in [-0.1, -0.05) is 0 Å². The maximum absolute atomic E-state index is 5.76. The van der Waals surface area contributed by atoms with Gasteiger partial charge in [-0.2, -0.15) is 0 Å². The van der Waals surface area contributed by atoms with Gasteiger partial charge >= 0.3 is 0 Å². The summed E-state index contributed by atoms with van der Waals surface area (Å²) in [7, 11) is 0. The highest BCUT2D eigenvalue weighted by molar-refractivity contribution is 4.97. The van der Waals surface area contributed by atoms with Gasteiger partial charge in [0.25, 0.3) is 0 Å². The molecule has 1 saturated heterocycles. The lowest BCUT2D eigenvalue weighted by Crippen LogP contribution is -2.59. The van der Waals surface area contributed by atoms with Crippen molar-refractivity contribution in [2.24, 2.45) is 0 Å². The fraction of sp³-hybridized carbons (Fsp3) is 1.00. The van der Waals surface area contributed by atoms with Crippen LogP contribution in [0.25, 0.3) is 0 Å². The van der Waals surface area contributed by atoms with E-state index in [0.29, 0.717) is 5.54 Å². The molecule has 1 heterocycles. The molecule has 2 fully saturated rings. The van der Waals surface area contributed by atoms with Crippen LogP contribution >= 0.6 is 0 Å². The summed E-state index contributed by atoms with van der Waals surface area (Å²) in [6.07, 6.45) is 2.65. The average Bonchev–Trinajstić information content (AvgIpc) is 2.75. The van der Waals surface area contributed by atoms with E-state index in [2.05, 4.69) is 24.5 Å². The molecule has 0 radical (unpaired) electrons. The molecule has 3 heteroatoms. The molecule has 0 atom stereocenters. The van der Waals surface area contributed by atoms with E-state index in [9.17, 15) is 0 Å². The number of ether oxygens (including phenoxy) is 1. The van der Waals surface area contributed by atoms with E-state index in [0.717, 1.165) is 26.2 Å². The van der Waals surface area contributed by atoms with Crippen LogP contribution in [0, 0.1) is 0 Å². The molecule has 2 N–H and O–H groups in total. The van der Waals surface area contributed by atoms with Crippen molar-refractivity contribution in [3.05, 3.63) is 0 Å². The lowest BCUT2D eigenvalue weighted by Gasteiger charge is -2.39. The van der Waals surface area contributed by atoms with Crippen LogP contribution in [0.1, 0.15) is 26.7 Å². The molecule has 1 aliphatic carbocycles. The molecule has 0 bridgehead atoms. The molecule has 0 aromatic rings. The first kappa shape index (κ1) is 9.44. The van der Waals surface area contributed by atoms with Crippen LogP contribution < -0.4 is 10.6 Å². The lowest BCUT2D eigenvalue weighted by molar-refractivity contribution is -0.0653. The van der Waals surface area contributed by atoms with Gasteiger partial charge in [0.1, 0.15) is 0 Å². The van der Waals surface area contributed by atoms with Crippen LogP contribution in [0.4, 0.5) is 0 Å². The molecule has 0 unspecified atom stereocenters. The van der Waals surface area contributed by atoms with E-state index in [-0.39, 0.29) is 5.60 Å². The number of hydrogen-bond acceptors (Lipinski definition) is 3. The van der Waals surface area contributed by atoms with Crippen molar-refractivity contribution in [3.8, 4) is 0 Å². The summed E-state index contributed by atoms with van der Waals surface area (Å²) in [5, 5.41) is 6.73. The maximum Gasteiger partial charge on any atom is 0.0902 e. The molecule has 2 rings (SSSR count). The molecule has 3 nitrogen and oxygen atoms in total. The Bertz CT molecular complexity index is 185. The first-order chi connectivity index (χ1) is 6.12. The molecule has 76 valence electrons. The molecule has 0 spiro atoms. The van der Waals surface area contributed by atoms with Gasteiger partial charge in [0.05, 0.1) is 12.2 Å². The minimum absolute atomic E-state index is 0.117. The number of hydrogen-bond donors (Lipinski definition) is 2. The Hall–Kier alpha value is -0.120. The van der Waals surface area contributed by atoms with Gasteiger partial charge in [0.15, 0.2) is 0 Å². The fourth-order valence-corrected chi connectivity index (χ4v) is 1.59. The summed E-state index contributed by atoms with van der Waals surface area (Å²) in [6, 6.07) is 0. The van der Waals surface area contributed by atoms with Crippen LogP contribution in [0.2, 0.25) is 0 Å². The second-order valence-corrected chi connectivity index (χ2v) is 4.89. The van der Waals surface area contributed by atoms with Crippen LogP contribution in [-0.4, -0.2) is 37.4 Å². The van der Waals surface area contributed by atoms with Crippen LogP contribution in [0.3, 0.4) is 0 Å². The van der Waals surface area contributed by atoms with Crippen molar-refractivity contribution < 1.29 is 4.74 Å². The van der Waals surface area contributed by atoms with Crippen molar-refractivity contribution in [1.29, 1.82) is 0 Å². The molecule has 0 aromatic carbocycles. The maximum atomic E-state index is 5.76. The first-order valence-corrected chi connectivity index (χ1v) is 5.22. The van der Waals surface area contributed by atoms with Gasteiger partial charge in [-0.15, -0.1) is 0 Å². The Morgan fingerprint density at radius 3 is 2.46 bits per heavy atom. The molecule has 0 aromatic heterocycles. The predicted molar refractivity (Wildman–Crippen MR) is 52.9 cm³/mol. The summed E-state index contributed by atoms with van der Waals surface area (Å²) < 4.78 is 5.76. The Balaban J connectivity index is 1.53. The monoisotopic (exact) mass is 184 g/mol. The third kappa shape index (κ3) is 2.42. The summed E-state index contributed by atoms with van der Waals surface area (Å²) in [5.41, 5.74) is 0.564. The van der Waals surface area contributed by atoms with Crippen molar-refractivity contribution in [2.75, 3.05) is 26.2 Å². The summed E-state index contributed by atoms with van der Waals surface area (Å²) in [5.74, 6) is 0. The standard InChI is InChI=1S/C10H20N2O/c1-9(3-4-9)12-5-6-13-10(2)7-11-8-10/h11-12H,3-8H2,1-2H3. The predicted octanol–water partition coefficient (Wildman–Crippen LogP) is 0.507. The molecular formula is C10H20N2O. The number of nitrogens with one attached hydrogen (secondary N) is 2. The minimum atomic E-state index is 0.117. The van der Waals surface area contributed by atoms with Gasteiger partial charge in [0, 0.05) is 25.2 Å². The topological polar surface area (TPSA) is 33.3 Å². The van der Waals surface area contributed by atoms with Crippen LogP contribution in [-0.2, 0) is 4.74 Å². The highest BCUT2D eigenvalue weighted by Crippen LogP contribution is 2.33. The zero-order valence-electron chi connectivity index (χ0n) is 8.65. The minimum Gasteiger partial charge on any atom is -0.371 e. The molecule has 13 heavy (non-hydrogen) atoms. The molecular weight excluding hydrogens is 164 g/mol. The third-order valence-electron chi connectivity index (χ3n) is 3.10. The summed E-state index contributed by atoms with van der Waals surface area (Å²) in [6.45, 7) is 8.29. The van der Waals surface area contributed by atoms with E-state index in [1.165, 1.54) is 12.8 Å². The molecule has 1 saturated carbocycles. The largest absolute Gasteiger partial charge is 0.371 e. The van der Waals surface area contributed by atoms with E-state index < -0.39 is 0 Å². The van der Waals surface area contributed by atoms with Gasteiger partial charge in [-0.3, -0.25) is 0 Å². The summed E-state index contributed by atoms with van der Waals surface area (Å²) in [4.78, 5) is 0. The lowest BCUT2D eigenvalue weighted by atomic mass is 10.0. The molecule has 0 amide bonds. The second kappa shape index (κ2) is 3.23. The normalized spacial score (nSPS) is 28.2. The SMILES string of the molecule is CC1(NCCOC2(C)CNC2)CC1. The Labute approximate surface area is 80.2 Å². The number of rotatable bonds is 5. The van der Waals surface area contributed by atoms with E-state index in [4.69, 9.17) is 4.74 Å². The first-order valence-electron chi connectivity index (χ1n) is 5.22. The second-order valence-electron chi connectivity index (χ2n) is 4.89. The van der Waals surface area contributed by atoms with Crippen molar-refractivity contribution in [2.45, 2.75) is 37.8 Å². The van der Waals surface area contributed by atoms with Crippen molar-refractivity contribution >= 4 is 0 Å². The van der Waals surface area contributed by atoms with Gasteiger partial charge in [-0.25, -0.2) is 0 Å². The highest BCUT2D eigenvalue weighted by atomic mass is 16.5. The molecule has 1 aliphatic heterocycles. The van der Waals surface area contributed by atoms with Crippen LogP contribution in [0.15, 0.2) is 0 Å². The smallest absolute Gasteiger partial charge is 0.0902 e. The van der Waals surface area contributed by atoms with Gasteiger partial charge in [0.2, 0.25) is 0 Å². The van der Waals surface area contributed by atoms with E-state index >= 15 is 0 Å². The van der Waals surface area contributed by atoms with E-state index in [1.54, 1.807) is 0 Å². The third-order valence-corrected chi connectivity index (χ3v) is 3.10. The Morgan fingerprint density at radius 2 is 2.00 bits per heavy atom.